The summed E-state index contributed by atoms with van der Waals surface area (Å²) in [4.78, 5) is 26.0. The Bertz CT molecular complexity index is 1010. The van der Waals surface area contributed by atoms with Gasteiger partial charge in [-0.25, -0.2) is 0 Å². The number of anilines is 2. The normalized spacial score (nSPS) is 10.2. The van der Waals surface area contributed by atoms with E-state index in [1.165, 1.54) is 0 Å². The summed E-state index contributed by atoms with van der Waals surface area (Å²) >= 11 is 5.94. The van der Waals surface area contributed by atoms with Crippen molar-refractivity contribution in [2.45, 2.75) is 13.8 Å². The van der Waals surface area contributed by atoms with Gasteiger partial charge in [0, 0.05) is 16.4 Å². The molecule has 0 heterocycles. The maximum absolute atomic E-state index is 13.0. The lowest BCUT2D eigenvalue weighted by Crippen LogP contribution is -2.25. The SMILES string of the molecule is Cc1ccccc1NC(=O)C(=Cc1ccc(Cl)cc1)C(=O)Nc1ccccc1C. The van der Waals surface area contributed by atoms with Crippen LogP contribution in [-0.2, 0) is 9.59 Å². The number of carbonyl (C=O) groups excluding carboxylic acids is 2. The topological polar surface area (TPSA) is 58.2 Å². The van der Waals surface area contributed by atoms with Gasteiger partial charge in [-0.1, -0.05) is 60.1 Å². The van der Waals surface area contributed by atoms with Crippen LogP contribution in [0, 0.1) is 13.8 Å². The van der Waals surface area contributed by atoms with Gasteiger partial charge in [-0.05, 0) is 60.9 Å². The number of nitrogens with one attached hydrogen (secondary N) is 2. The Morgan fingerprint density at radius 3 is 1.62 bits per heavy atom. The zero-order chi connectivity index (χ0) is 20.8. The van der Waals surface area contributed by atoms with Crippen LogP contribution in [0.25, 0.3) is 6.08 Å². The Hall–Kier alpha value is -3.37. The minimum Gasteiger partial charge on any atom is -0.322 e. The molecule has 0 bridgehead atoms. The molecule has 0 atom stereocenters. The van der Waals surface area contributed by atoms with E-state index < -0.39 is 11.8 Å². The van der Waals surface area contributed by atoms with Gasteiger partial charge in [-0.15, -0.1) is 0 Å². The van der Waals surface area contributed by atoms with Crippen LogP contribution in [0.15, 0.2) is 78.4 Å². The van der Waals surface area contributed by atoms with E-state index in [-0.39, 0.29) is 5.57 Å². The summed E-state index contributed by atoms with van der Waals surface area (Å²) in [6.45, 7) is 3.79. The van der Waals surface area contributed by atoms with Crippen molar-refractivity contribution in [2.24, 2.45) is 0 Å². The number of aryl methyl sites for hydroxylation is 2. The molecule has 0 aromatic heterocycles. The van der Waals surface area contributed by atoms with Crippen molar-refractivity contribution in [1.29, 1.82) is 0 Å². The summed E-state index contributed by atoms with van der Waals surface area (Å²) in [7, 11) is 0. The molecule has 3 aromatic carbocycles. The molecule has 0 saturated heterocycles. The van der Waals surface area contributed by atoms with Gasteiger partial charge < -0.3 is 10.6 Å². The Morgan fingerprint density at radius 1 is 0.724 bits per heavy atom. The van der Waals surface area contributed by atoms with Gasteiger partial charge in [-0.3, -0.25) is 9.59 Å². The standard InChI is InChI=1S/C24H21ClN2O2/c1-16-7-3-5-9-21(16)26-23(28)20(15-18-11-13-19(25)14-12-18)24(29)27-22-10-6-4-8-17(22)2/h3-15H,1-2H3,(H,26,28)(H,27,29). The third kappa shape index (κ3) is 5.33. The number of rotatable bonds is 5. The van der Waals surface area contributed by atoms with Crippen LogP contribution < -0.4 is 10.6 Å². The Balaban J connectivity index is 1.93. The minimum atomic E-state index is -0.486. The highest BCUT2D eigenvalue weighted by Gasteiger charge is 2.20. The van der Waals surface area contributed by atoms with Crippen molar-refractivity contribution in [3.63, 3.8) is 0 Å². The van der Waals surface area contributed by atoms with Gasteiger partial charge in [0.1, 0.15) is 5.57 Å². The summed E-state index contributed by atoms with van der Waals surface area (Å²) in [5.41, 5.74) is 3.83. The quantitative estimate of drug-likeness (QED) is 0.329. The van der Waals surface area contributed by atoms with Crippen molar-refractivity contribution in [2.75, 3.05) is 10.6 Å². The van der Waals surface area contributed by atoms with Crippen LogP contribution in [0.4, 0.5) is 11.4 Å². The molecule has 0 saturated carbocycles. The molecule has 0 fully saturated rings. The van der Waals surface area contributed by atoms with Gasteiger partial charge in [0.05, 0.1) is 0 Å². The van der Waals surface area contributed by atoms with E-state index in [0.29, 0.717) is 22.0 Å². The highest BCUT2D eigenvalue weighted by atomic mass is 35.5. The van der Waals surface area contributed by atoms with E-state index in [1.54, 1.807) is 42.5 Å². The summed E-state index contributed by atoms with van der Waals surface area (Å²) in [6.07, 6.45) is 1.55. The number of amides is 2. The molecule has 5 heteroatoms. The van der Waals surface area contributed by atoms with Crippen LogP contribution in [0.5, 0.6) is 0 Å². The first-order valence-corrected chi connectivity index (χ1v) is 9.53. The van der Waals surface area contributed by atoms with E-state index in [2.05, 4.69) is 10.6 Å². The largest absolute Gasteiger partial charge is 0.322 e. The molecule has 0 radical (unpaired) electrons. The fourth-order valence-electron chi connectivity index (χ4n) is 2.77. The van der Waals surface area contributed by atoms with Crippen molar-refractivity contribution in [1.82, 2.24) is 0 Å². The van der Waals surface area contributed by atoms with E-state index in [9.17, 15) is 9.59 Å². The van der Waals surface area contributed by atoms with E-state index in [1.807, 2.05) is 50.2 Å². The van der Waals surface area contributed by atoms with Gasteiger partial charge in [0.2, 0.25) is 0 Å². The summed E-state index contributed by atoms with van der Waals surface area (Å²) in [5, 5.41) is 6.24. The molecule has 146 valence electrons. The maximum atomic E-state index is 13.0. The number of hydrogen-bond acceptors (Lipinski definition) is 2. The first-order chi connectivity index (χ1) is 13.9. The highest BCUT2D eigenvalue weighted by Crippen LogP contribution is 2.19. The van der Waals surface area contributed by atoms with Crippen LogP contribution >= 0.6 is 11.6 Å². The second kappa shape index (κ2) is 9.22. The molecule has 4 nitrogen and oxygen atoms in total. The third-order valence-electron chi connectivity index (χ3n) is 4.46. The van der Waals surface area contributed by atoms with Crippen molar-refractivity contribution in [3.8, 4) is 0 Å². The monoisotopic (exact) mass is 404 g/mol. The first kappa shape index (κ1) is 20.4. The minimum absolute atomic E-state index is 0.00108. The van der Waals surface area contributed by atoms with Crippen molar-refractivity contribution >= 4 is 40.9 Å². The van der Waals surface area contributed by atoms with Crippen LogP contribution in [0.3, 0.4) is 0 Å². The predicted octanol–water partition coefficient (Wildman–Crippen LogP) is 5.62. The Kier molecular flexibility index (Phi) is 6.47. The Labute approximate surface area is 175 Å². The number of para-hydroxylation sites is 2. The number of halogens is 1. The average Bonchev–Trinajstić information content (AvgIpc) is 2.71. The molecule has 3 aromatic rings. The van der Waals surface area contributed by atoms with Gasteiger partial charge in [0.15, 0.2) is 0 Å². The fourth-order valence-corrected chi connectivity index (χ4v) is 2.89. The van der Waals surface area contributed by atoms with Crippen LogP contribution in [-0.4, -0.2) is 11.8 Å². The molecule has 0 spiro atoms. The molecule has 0 aliphatic rings. The van der Waals surface area contributed by atoms with E-state index >= 15 is 0 Å². The molecule has 3 rings (SSSR count). The fraction of sp³-hybridized carbons (Fsp3) is 0.0833. The lowest BCUT2D eigenvalue weighted by molar-refractivity contribution is -0.118. The van der Waals surface area contributed by atoms with Gasteiger partial charge in [0.25, 0.3) is 11.8 Å². The Morgan fingerprint density at radius 2 is 1.17 bits per heavy atom. The highest BCUT2D eigenvalue weighted by molar-refractivity contribution is 6.31. The lowest BCUT2D eigenvalue weighted by atomic mass is 10.1. The maximum Gasteiger partial charge on any atom is 0.261 e. The lowest BCUT2D eigenvalue weighted by Gasteiger charge is -2.13. The predicted molar refractivity (Wildman–Crippen MR) is 119 cm³/mol. The van der Waals surface area contributed by atoms with Crippen LogP contribution in [0.1, 0.15) is 16.7 Å². The summed E-state index contributed by atoms with van der Waals surface area (Å²) in [5.74, 6) is -0.972. The first-order valence-electron chi connectivity index (χ1n) is 9.15. The van der Waals surface area contributed by atoms with E-state index in [0.717, 1.165) is 11.1 Å². The van der Waals surface area contributed by atoms with Gasteiger partial charge >= 0.3 is 0 Å². The molecule has 0 unspecified atom stereocenters. The summed E-state index contributed by atoms with van der Waals surface area (Å²) < 4.78 is 0. The third-order valence-corrected chi connectivity index (χ3v) is 4.71. The number of carbonyl (C=O) groups is 2. The molecule has 0 aliphatic carbocycles. The van der Waals surface area contributed by atoms with Gasteiger partial charge in [-0.2, -0.15) is 0 Å². The zero-order valence-electron chi connectivity index (χ0n) is 16.2. The number of benzene rings is 3. The smallest absolute Gasteiger partial charge is 0.261 e. The molecular weight excluding hydrogens is 384 g/mol. The molecule has 0 aliphatic heterocycles. The van der Waals surface area contributed by atoms with Crippen molar-refractivity contribution in [3.05, 3.63) is 100 Å². The molecule has 2 amide bonds. The van der Waals surface area contributed by atoms with E-state index in [4.69, 9.17) is 11.6 Å². The van der Waals surface area contributed by atoms with Crippen molar-refractivity contribution < 1.29 is 9.59 Å². The number of hydrogen-bond donors (Lipinski definition) is 2. The molecule has 2 N–H and O–H groups in total. The second-order valence-electron chi connectivity index (χ2n) is 6.65. The second-order valence-corrected chi connectivity index (χ2v) is 7.08. The molecular formula is C24H21ClN2O2. The molecule has 29 heavy (non-hydrogen) atoms. The summed E-state index contributed by atoms with van der Waals surface area (Å²) in [6, 6.07) is 21.8. The average molecular weight is 405 g/mol. The van der Waals surface area contributed by atoms with Crippen LogP contribution in [0.2, 0.25) is 5.02 Å². The zero-order valence-corrected chi connectivity index (χ0v) is 17.0.